The average Bonchev–Trinajstić information content (AvgIpc) is 2.01. The molecule has 0 spiro atoms. The molecule has 0 aromatic heterocycles. The predicted molar refractivity (Wildman–Crippen MR) is 72.7 cm³/mol. The number of Topliss-reactive ketones (excluding diaryl/α,β-unsaturated/α-hetero) is 1. The van der Waals surface area contributed by atoms with Gasteiger partial charge in [0.15, 0.2) is 0 Å². The van der Waals surface area contributed by atoms with E-state index in [9.17, 15) is 4.79 Å². The van der Waals surface area contributed by atoms with E-state index in [4.69, 9.17) is 5.11 Å². The van der Waals surface area contributed by atoms with Crippen LogP contribution >= 0.6 is 0 Å². The number of ketones is 1. The molecule has 0 aliphatic heterocycles. The quantitative estimate of drug-likeness (QED) is 0.737. The zero-order valence-electron chi connectivity index (χ0n) is 12.3. The summed E-state index contributed by atoms with van der Waals surface area (Å²) in [6, 6.07) is 0. The SMILES string of the molecule is CC(C)=O.CC(C)O.CCCCCC(C)C. The molecular formula is C14H32O2. The molecular weight excluding hydrogens is 200 g/mol. The van der Waals surface area contributed by atoms with Gasteiger partial charge in [0.1, 0.15) is 5.78 Å². The van der Waals surface area contributed by atoms with E-state index in [0.717, 1.165) is 5.92 Å². The van der Waals surface area contributed by atoms with Crippen LogP contribution in [0.15, 0.2) is 0 Å². The third-order valence-electron chi connectivity index (χ3n) is 1.39. The summed E-state index contributed by atoms with van der Waals surface area (Å²) in [6.45, 7) is 13.3. The van der Waals surface area contributed by atoms with Crippen molar-refractivity contribution in [2.45, 2.75) is 80.3 Å². The van der Waals surface area contributed by atoms with Crippen LogP contribution in [0.4, 0.5) is 0 Å². The van der Waals surface area contributed by atoms with Crippen LogP contribution in [0.5, 0.6) is 0 Å². The van der Waals surface area contributed by atoms with Gasteiger partial charge < -0.3 is 9.90 Å². The van der Waals surface area contributed by atoms with Gasteiger partial charge in [0, 0.05) is 6.10 Å². The maximum atomic E-state index is 9.44. The fourth-order valence-corrected chi connectivity index (χ4v) is 0.803. The van der Waals surface area contributed by atoms with E-state index in [2.05, 4.69) is 20.8 Å². The van der Waals surface area contributed by atoms with Crippen molar-refractivity contribution in [3.63, 3.8) is 0 Å². The molecule has 0 amide bonds. The van der Waals surface area contributed by atoms with Crippen LogP contribution in [0.2, 0.25) is 0 Å². The summed E-state index contributed by atoms with van der Waals surface area (Å²) in [5.41, 5.74) is 0. The summed E-state index contributed by atoms with van der Waals surface area (Å²) in [5.74, 6) is 1.07. The molecule has 0 saturated carbocycles. The topological polar surface area (TPSA) is 37.3 Å². The van der Waals surface area contributed by atoms with E-state index < -0.39 is 0 Å². The molecule has 16 heavy (non-hydrogen) atoms. The standard InChI is InChI=1S/C8H18.C3H8O.C3H6O/c1-4-5-6-7-8(2)3;2*1-3(2)4/h8H,4-7H2,1-3H3;3-4H,1-2H3;1-2H3. The Bertz CT molecular complexity index is 122. The van der Waals surface area contributed by atoms with Gasteiger partial charge in [0.25, 0.3) is 0 Å². The normalized spacial score (nSPS) is 9.12. The van der Waals surface area contributed by atoms with Crippen LogP contribution < -0.4 is 0 Å². The number of aliphatic hydroxyl groups is 1. The Morgan fingerprint density at radius 3 is 1.56 bits per heavy atom. The zero-order chi connectivity index (χ0) is 13.6. The van der Waals surface area contributed by atoms with E-state index in [0.29, 0.717) is 0 Å². The molecule has 0 fully saturated rings. The van der Waals surface area contributed by atoms with Gasteiger partial charge in [-0.2, -0.15) is 0 Å². The van der Waals surface area contributed by atoms with Gasteiger partial charge in [-0.15, -0.1) is 0 Å². The van der Waals surface area contributed by atoms with Crippen LogP contribution in [-0.2, 0) is 4.79 Å². The van der Waals surface area contributed by atoms with Crippen molar-refractivity contribution >= 4 is 5.78 Å². The van der Waals surface area contributed by atoms with Crippen LogP contribution in [0.1, 0.15) is 74.1 Å². The zero-order valence-corrected chi connectivity index (χ0v) is 12.3. The first-order chi connectivity index (χ1) is 7.23. The molecule has 2 heteroatoms. The Labute approximate surface area is 102 Å². The fraction of sp³-hybridized carbons (Fsp3) is 0.929. The van der Waals surface area contributed by atoms with E-state index >= 15 is 0 Å². The first-order valence-corrected chi connectivity index (χ1v) is 6.39. The number of unbranched alkanes of at least 4 members (excludes halogenated alkanes) is 2. The molecule has 0 heterocycles. The van der Waals surface area contributed by atoms with Crippen molar-refractivity contribution in [3.8, 4) is 0 Å². The highest BCUT2D eigenvalue weighted by Crippen LogP contribution is 2.06. The summed E-state index contributed by atoms with van der Waals surface area (Å²) in [4.78, 5) is 9.44. The molecule has 0 aromatic carbocycles. The highest BCUT2D eigenvalue weighted by molar-refractivity contribution is 5.72. The highest BCUT2D eigenvalue weighted by atomic mass is 16.3. The molecule has 0 aromatic rings. The lowest BCUT2D eigenvalue weighted by molar-refractivity contribution is -0.114. The monoisotopic (exact) mass is 232 g/mol. The number of hydrogen-bond acceptors (Lipinski definition) is 2. The minimum atomic E-state index is -0.167. The second-order valence-electron chi connectivity index (χ2n) is 4.89. The second-order valence-corrected chi connectivity index (χ2v) is 4.89. The Morgan fingerprint density at radius 1 is 1.06 bits per heavy atom. The summed E-state index contributed by atoms with van der Waals surface area (Å²) in [6.07, 6.45) is 5.44. The Morgan fingerprint density at radius 2 is 1.38 bits per heavy atom. The Balaban J connectivity index is -0.000000179. The summed E-state index contributed by atoms with van der Waals surface area (Å²) in [7, 11) is 0. The summed E-state index contributed by atoms with van der Waals surface area (Å²) in [5, 5.41) is 8.06. The number of aliphatic hydroxyl groups excluding tert-OH is 1. The molecule has 2 nitrogen and oxygen atoms in total. The molecule has 0 bridgehead atoms. The molecule has 0 saturated heterocycles. The largest absolute Gasteiger partial charge is 0.394 e. The van der Waals surface area contributed by atoms with Gasteiger partial charge in [0.05, 0.1) is 0 Å². The predicted octanol–water partition coefficient (Wildman–Crippen LogP) is 4.21. The van der Waals surface area contributed by atoms with Gasteiger partial charge in [-0.05, 0) is 33.6 Å². The van der Waals surface area contributed by atoms with E-state index in [1.807, 2.05) is 0 Å². The average molecular weight is 232 g/mol. The molecule has 0 aliphatic carbocycles. The first kappa shape index (κ1) is 21.0. The summed E-state index contributed by atoms with van der Waals surface area (Å²) >= 11 is 0. The van der Waals surface area contributed by atoms with E-state index in [-0.39, 0.29) is 11.9 Å². The van der Waals surface area contributed by atoms with Crippen molar-refractivity contribution in [3.05, 3.63) is 0 Å². The lowest BCUT2D eigenvalue weighted by Gasteiger charge is -2.00. The van der Waals surface area contributed by atoms with E-state index in [1.54, 1.807) is 13.8 Å². The van der Waals surface area contributed by atoms with Crippen molar-refractivity contribution < 1.29 is 9.90 Å². The summed E-state index contributed by atoms with van der Waals surface area (Å²) < 4.78 is 0. The smallest absolute Gasteiger partial charge is 0.126 e. The number of carbonyl (C=O) groups excluding carboxylic acids is 1. The molecule has 0 atom stereocenters. The molecule has 0 aliphatic rings. The maximum absolute atomic E-state index is 9.44. The minimum Gasteiger partial charge on any atom is -0.394 e. The van der Waals surface area contributed by atoms with Crippen LogP contribution in [0.25, 0.3) is 0 Å². The lowest BCUT2D eigenvalue weighted by Crippen LogP contribution is -1.85. The highest BCUT2D eigenvalue weighted by Gasteiger charge is 1.90. The number of hydrogen-bond donors (Lipinski definition) is 1. The Hall–Kier alpha value is -0.370. The molecule has 0 rings (SSSR count). The van der Waals surface area contributed by atoms with Gasteiger partial charge in [-0.1, -0.05) is 46.5 Å². The lowest BCUT2D eigenvalue weighted by atomic mass is 10.1. The Kier molecular flexibility index (Phi) is 22.3. The molecule has 0 unspecified atom stereocenters. The van der Waals surface area contributed by atoms with Crippen molar-refractivity contribution in [2.24, 2.45) is 5.92 Å². The fourth-order valence-electron chi connectivity index (χ4n) is 0.803. The molecule has 100 valence electrons. The van der Waals surface area contributed by atoms with Gasteiger partial charge in [-0.3, -0.25) is 0 Å². The molecule has 1 N–H and O–H groups in total. The number of carbonyl (C=O) groups is 1. The number of rotatable bonds is 4. The van der Waals surface area contributed by atoms with Gasteiger partial charge in [-0.25, -0.2) is 0 Å². The third-order valence-corrected chi connectivity index (χ3v) is 1.39. The minimum absolute atomic E-state index is 0.167. The van der Waals surface area contributed by atoms with Crippen molar-refractivity contribution in [1.82, 2.24) is 0 Å². The van der Waals surface area contributed by atoms with Crippen LogP contribution in [0.3, 0.4) is 0 Å². The molecule has 0 radical (unpaired) electrons. The third kappa shape index (κ3) is 101. The van der Waals surface area contributed by atoms with Gasteiger partial charge in [0.2, 0.25) is 0 Å². The maximum Gasteiger partial charge on any atom is 0.126 e. The van der Waals surface area contributed by atoms with E-state index in [1.165, 1.54) is 39.5 Å². The van der Waals surface area contributed by atoms with Crippen LogP contribution in [0, 0.1) is 5.92 Å². The first-order valence-electron chi connectivity index (χ1n) is 6.39. The van der Waals surface area contributed by atoms with Crippen LogP contribution in [-0.4, -0.2) is 17.0 Å². The van der Waals surface area contributed by atoms with Crippen molar-refractivity contribution in [2.75, 3.05) is 0 Å². The second kappa shape index (κ2) is 17.0. The van der Waals surface area contributed by atoms with Gasteiger partial charge >= 0.3 is 0 Å². The van der Waals surface area contributed by atoms with Crippen molar-refractivity contribution in [1.29, 1.82) is 0 Å².